The maximum Gasteiger partial charge on any atom is 0.237 e. The van der Waals surface area contributed by atoms with E-state index in [1.54, 1.807) is 25.4 Å². The molecule has 8 heteroatoms. The third-order valence-corrected chi connectivity index (χ3v) is 5.32. The van der Waals surface area contributed by atoms with Gasteiger partial charge in [0.2, 0.25) is 11.9 Å². The van der Waals surface area contributed by atoms with E-state index in [4.69, 9.17) is 5.26 Å². The second-order valence-corrected chi connectivity index (χ2v) is 7.85. The number of amides is 1. The summed E-state index contributed by atoms with van der Waals surface area (Å²) in [6, 6.07) is 9.21. The highest BCUT2D eigenvalue weighted by Crippen LogP contribution is 2.27. The molecule has 0 spiro atoms. The standard InChI is InChI=1S/C24H29N7O/c1-4-11-27-22-19(8-5-18-12-21(13-18)29-23(32)16(2)26-3)15-28-24(31-22)30-20-9-6-17(14-25)7-10-20/h6-7,9-10,15-16,18,21,26H,4,11-13H2,1-3H3,(H,29,32)(H2,27,28,30,31)/t16-,18?,21?/m0/s1. The molecule has 32 heavy (non-hydrogen) atoms. The molecule has 0 bridgehead atoms. The molecule has 0 saturated heterocycles. The normalized spacial score (nSPS) is 17.7. The quantitative estimate of drug-likeness (QED) is 0.475. The van der Waals surface area contributed by atoms with Gasteiger partial charge in [-0.05, 0) is 57.5 Å². The first kappa shape index (κ1) is 23.1. The van der Waals surface area contributed by atoms with Crippen molar-refractivity contribution < 1.29 is 4.79 Å². The summed E-state index contributed by atoms with van der Waals surface area (Å²) in [5, 5.41) is 21.4. The van der Waals surface area contributed by atoms with Gasteiger partial charge >= 0.3 is 0 Å². The van der Waals surface area contributed by atoms with Crippen LogP contribution in [0.25, 0.3) is 0 Å². The van der Waals surface area contributed by atoms with Gasteiger partial charge in [0.25, 0.3) is 0 Å². The first-order chi connectivity index (χ1) is 15.5. The van der Waals surface area contributed by atoms with E-state index in [2.05, 4.69) is 56.1 Å². The van der Waals surface area contributed by atoms with Gasteiger partial charge in [0.05, 0.1) is 29.4 Å². The van der Waals surface area contributed by atoms with Gasteiger partial charge in [-0.2, -0.15) is 10.2 Å². The molecular formula is C24H29N7O. The lowest BCUT2D eigenvalue weighted by Gasteiger charge is -2.33. The van der Waals surface area contributed by atoms with Crippen molar-refractivity contribution in [2.24, 2.45) is 5.92 Å². The number of benzene rings is 1. The molecular weight excluding hydrogens is 402 g/mol. The smallest absolute Gasteiger partial charge is 0.237 e. The van der Waals surface area contributed by atoms with Crippen LogP contribution in [0.2, 0.25) is 0 Å². The van der Waals surface area contributed by atoms with Gasteiger partial charge in [-0.3, -0.25) is 4.79 Å². The van der Waals surface area contributed by atoms with Crippen LogP contribution in [0.4, 0.5) is 17.5 Å². The number of hydrogen-bond donors (Lipinski definition) is 4. The minimum absolute atomic E-state index is 0.0220. The molecule has 1 atom stereocenters. The second kappa shape index (κ2) is 11.1. The van der Waals surface area contributed by atoms with Crippen molar-refractivity contribution in [3.05, 3.63) is 41.6 Å². The zero-order chi connectivity index (χ0) is 22.9. The van der Waals surface area contributed by atoms with E-state index in [-0.39, 0.29) is 23.9 Å². The topological polar surface area (TPSA) is 115 Å². The summed E-state index contributed by atoms with van der Waals surface area (Å²) < 4.78 is 0. The maximum absolute atomic E-state index is 11.9. The Morgan fingerprint density at radius 3 is 2.69 bits per heavy atom. The molecule has 1 saturated carbocycles. The third-order valence-electron chi connectivity index (χ3n) is 5.32. The number of carbonyl (C=O) groups is 1. The number of rotatable bonds is 8. The van der Waals surface area contributed by atoms with Gasteiger partial charge in [0, 0.05) is 24.2 Å². The Morgan fingerprint density at radius 1 is 1.28 bits per heavy atom. The minimum Gasteiger partial charge on any atom is -0.369 e. The molecule has 1 heterocycles. The first-order valence-electron chi connectivity index (χ1n) is 10.9. The van der Waals surface area contributed by atoms with Crippen LogP contribution in [0.3, 0.4) is 0 Å². The van der Waals surface area contributed by atoms with E-state index in [0.717, 1.165) is 37.1 Å². The van der Waals surface area contributed by atoms with E-state index in [1.807, 2.05) is 19.1 Å². The number of likely N-dealkylation sites (N-methyl/N-ethyl adjacent to an activating group) is 1. The fourth-order valence-corrected chi connectivity index (χ4v) is 3.16. The molecule has 0 aliphatic heterocycles. The Balaban J connectivity index is 1.64. The van der Waals surface area contributed by atoms with Gasteiger partial charge in [-0.25, -0.2) is 4.98 Å². The van der Waals surface area contributed by atoms with Crippen LogP contribution in [0.1, 0.15) is 44.2 Å². The van der Waals surface area contributed by atoms with Crippen LogP contribution < -0.4 is 21.3 Å². The van der Waals surface area contributed by atoms with Gasteiger partial charge in [-0.1, -0.05) is 18.8 Å². The van der Waals surface area contributed by atoms with E-state index in [9.17, 15) is 4.79 Å². The SMILES string of the molecule is CCCNc1nc(Nc2ccc(C#N)cc2)ncc1C#CC1CC(NC(=O)[C@H](C)NC)C1. The minimum atomic E-state index is -0.194. The average Bonchev–Trinajstić information content (AvgIpc) is 2.79. The number of anilines is 3. The highest BCUT2D eigenvalue weighted by Gasteiger charge is 2.29. The molecule has 1 aliphatic rings. The summed E-state index contributed by atoms with van der Waals surface area (Å²) in [5.41, 5.74) is 2.15. The summed E-state index contributed by atoms with van der Waals surface area (Å²) >= 11 is 0. The lowest BCUT2D eigenvalue weighted by Crippen LogP contribution is -2.49. The van der Waals surface area contributed by atoms with Gasteiger partial charge in [0.1, 0.15) is 5.82 Å². The summed E-state index contributed by atoms with van der Waals surface area (Å²) in [6.45, 7) is 4.71. The Morgan fingerprint density at radius 2 is 2.03 bits per heavy atom. The summed E-state index contributed by atoms with van der Waals surface area (Å²) in [5.74, 6) is 7.93. The van der Waals surface area contributed by atoms with E-state index >= 15 is 0 Å². The monoisotopic (exact) mass is 431 g/mol. The largest absolute Gasteiger partial charge is 0.369 e. The highest BCUT2D eigenvalue weighted by molar-refractivity contribution is 5.81. The maximum atomic E-state index is 11.9. The van der Waals surface area contributed by atoms with Crippen LogP contribution in [0.15, 0.2) is 30.5 Å². The van der Waals surface area contributed by atoms with Gasteiger partial charge < -0.3 is 21.3 Å². The number of carbonyl (C=O) groups excluding carboxylic acids is 1. The fourth-order valence-electron chi connectivity index (χ4n) is 3.16. The lowest BCUT2D eigenvalue weighted by molar-refractivity contribution is -0.124. The zero-order valence-corrected chi connectivity index (χ0v) is 18.7. The summed E-state index contributed by atoms with van der Waals surface area (Å²) in [7, 11) is 1.77. The van der Waals surface area contributed by atoms with Crippen molar-refractivity contribution >= 4 is 23.4 Å². The molecule has 3 rings (SSSR count). The number of hydrogen-bond acceptors (Lipinski definition) is 7. The molecule has 166 valence electrons. The predicted octanol–water partition coefficient (Wildman–Crippen LogP) is 2.77. The van der Waals surface area contributed by atoms with Crippen LogP contribution in [0.5, 0.6) is 0 Å². The Labute approximate surface area is 189 Å². The van der Waals surface area contributed by atoms with Crippen molar-refractivity contribution in [2.75, 3.05) is 24.2 Å². The Bertz CT molecular complexity index is 1030. The van der Waals surface area contributed by atoms with Gasteiger partial charge in [0.15, 0.2) is 0 Å². The van der Waals surface area contributed by atoms with Crippen molar-refractivity contribution in [3.63, 3.8) is 0 Å². The summed E-state index contributed by atoms with van der Waals surface area (Å²) in [6.07, 6.45) is 4.39. The van der Waals surface area contributed by atoms with E-state index in [0.29, 0.717) is 17.3 Å². The zero-order valence-electron chi connectivity index (χ0n) is 18.7. The highest BCUT2D eigenvalue weighted by atomic mass is 16.2. The lowest BCUT2D eigenvalue weighted by atomic mass is 9.80. The van der Waals surface area contributed by atoms with Crippen LogP contribution in [-0.2, 0) is 4.79 Å². The fraction of sp³-hybridized carbons (Fsp3) is 0.417. The van der Waals surface area contributed by atoms with Crippen molar-refractivity contribution in [3.8, 4) is 17.9 Å². The first-order valence-corrected chi connectivity index (χ1v) is 10.9. The average molecular weight is 432 g/mol. The van der Waals surface area contributed by atoms with Crippen molar-refractivity contribution in [1.29, 1.82) is 5.26 Å². The molecule has 4 N–H and O–H groups in total. The van der Waals surface area contributed by atoms with Gasteiger partial charge in [-0.15, -0.1) is 0 Å². The molecule has 2 aromatic rings. The molecule has 1 fully saturated rings. The Kier molecular flexibility index (Phi) is 8.02. The van der Waals surface area contributed by atoms with E-state index in [1.165, 1.54) is 0 Å². The number of nitriles is 1. The number of aromatic nitrogens is 2. The van der Waals surface area contributed by atoms with Crippen molar-refractivity contribution in [1.82, 2.24) is 20.6 Å². The summed E-state index contributed by atoms with van der Waals surface area (Å²) in [4.78, 5) is 20.9. The molecule has 0 unspecified atom stereocenters. The third kappa shape index (κ3) is 6.19. The molecule has 8 nitrogen and oxygen atoms in total. The molecule has 1 aliphatic carbocycles. The Hall–Kier alpha value is -3.62. The van der Waals surface area contributed by atoms with Crippen LogP contribution in [0, 0.1) is 29.1 Å². The molecule has 1 aromatic carbocycles. The predicted molar refractivity (Wildman–Crippen MR) is 125 cm³/mol. The number of nitrogens with zero attached hydrogens (tertiary/aromatic N) is 3. The molecule has 1 aromatic heterocycles. The molecule has 1 amide bonds. The van der Waals surface area contributed by atoms with E-state index < -0.39 is 0 Å². The van der Waals surface area contributed by atoms with Crippen LogP contribution >= 0.6 is 0 Å². The number of nitrogens with one attached hydrogen (secondary N) is 4. The van der Waals surface area contributed by atoms with Crippen molar-refractivity contribution in [2.45, 2.75) is 45.2 Å². The second-order valence-electron chi connectivity index (χ2n) is 7.85. The van der Waals surface area contributed by atoms with Crippen LogP contribution in [-0.4, -0.2) is 41.6 Å². The molecule has 0 radical (unpaired) electrons.